The van der Waals surface area contributed by atoms with E-state index in [9.17, 15) is 9.59 Å². The molecule has 1 N–H and O–H groups in total. The summed E-state index contributed by atoms with van der Waals surface area (Å²) in [6.07, 6.45) is 1.72. The van der Waals surface area contributed by atoms with E-state index < -0.39 is 0 Å². The van der Waals surface area contributed by atoms with Crippen molar-refractivity contribution in [2.45, 2.75) is 0 Å². The number of nitrogens with zero attached hydrogens (tertiary/aromatic N) is 2. The van der Waals surface area contributed by atoms with E-state index in [0.29, 0.717) is 47.0 Å². The van der Waals surface area contributed by atoms with Gasteiger partial charge in [-0.15, -0.1) is 0 Å². The smallest absolute Gasteiger partial charge is 0.266 e. The minimum absolute atomic E-state index is 0.120. The number of amides is 2. The predicted molar refractivity (Wildman–Crippen MR) is 110 cm³/mol. The minimum atomic E-state index is -0.290. The molecule has 10 heteroatoms. The fraction of sp³-hybridized carbons (Fsp3) is 0.389. The van der Waals surface area contributed by atoms with Crippen LogP contribution in [-0.2, 0) is 14.3 Å². The molecule has 1 aromatic carbocycles. The molecule has 1 aromatic rings. The summed E-state index contributed by atoms with van der Waals surface area (Å²) in [5, 5.41) is 1.78. The Balaban J connectivity index is 1.67. The highest BCUT2D eigenvalue weighted by Gasteiger charge is 2.33. The van der Waals surface area contributed by atoms with Crippen LogP contribution in [0, 0.1) is 0 Å². The molecule has 2 amide bonds. The first kappa shape index (κ1) is 20.6. The van der Waals surface area contributed by atoms with E-state index in [1.807, 2.05) is 6.07 Å². The van der Waals surface area contributed by atoms with Gasteiger partial charge in [0.1, 0.15) is 10.9 Å². The van der Waals surface area contributed by atoms with Gasteiger partial charge in [0.05, 0.1) is 32.3 Å². The number of hydrazine groups is 1. The monoisotopic (exact) mass is 423 g/mol. The lowest BCUT2D eigenvalue weighted by Crippen LogP contribution is -2.51. The molecule has 0 atom stereocenters. The number of carbonyl (C=O) groups is 2. The maximum Gasteiger partial charge on any atom is 0.266 e. The van der Waals surface area contributed by atoms with Crippen LogP contribution in [0.2, 0.25) is 0 Å². The van der Waals surface area contributed by atoms with E-state index in [-0.39, 0.29) is 18.4 Å². The lowest BCUT2D eigenvalue weighted by molar-refractivity contribution is -0.132. The van der Waals surface area contributed by atoms with Crippen LogP contribution < -0.4 is 14.9 Å². The molecule has 8 nitrogen and oxygen atoms in total. The lowest BCUT2D eigenvalue weighted by atomic mass is 10.2. The third kappa shape index (κ3) is 4.82. The second-order valence-electron chi connectivity index (χ2n) is 6.02. The number of benzene rings is 1. The fourth-order valence-corrected chi connectivity index (χ4v) is 4.02. The molecule has 2 saturated heterocycles. The largest absolute Gasteiger partial charge is 0.493 e. The SMILES string of the molecule is COc1ccc(/C=C2/SC(=S)N(CC(=O)NN3CCOCC3)C2=O)cc1OC. The molecule has 2 fully saturated rings. The van der Waals surface area contributed by atoms with Crippen LogP contribution in [0.1, 0.15) is 5.56 Å². The molecule has 0 spiro atoms. The van der Waals surface area contributed by atoms with E-state index in [1.165, 1.54) is 16.7 Å². The highest BCUT2D eigenvalue weighted by Crippen LogP contribution is 2.34. The second kappa shape index (κ2) is 9.37. The minimum Gasteiger partial charge on any atom is -0.493 e. The molecular weight excluding hydrogens is 402 g/mol. The van der Waals surface area contributed by atoms with Crippen LogP contribution in [0.5, 0.6) is 11.5 Å². The van der Waals surface area contributed by atoms with Crippen molar-refractivity contribution in [2.75, 3.05) is 47.1 Å². The van der Waals surface area contributed by atoms with E-state index in [2.05, 4.69) is 5.43 Å². The van der Waals surface area contributed by atoms with Crippen molar-refractivity contribution in [3.05, 3.63) is 28.7 Å². The molecule has 2 aliphatic rings. The van der Waals surface area contributed by atoms with Gasteiger partial charge in [-0.2, -0.15) is 0 Å². The number of thiocarbonyl (C=S) groups is 1. The predicted octanol–water partition coefficient (Wildman–Crippen LogP) is 1.27. The number of rotatable bonds is 6. The van der Waals surface area contributed by atoms with Crippen molar-refractivity contribution in [3.8, 4) is 11.5 Å². The summed E-state index contributed by atoms with van der Waals surface area (Å²) in [6, 6.07) is 5.36. The van der Waals surface area contributed by atoms with Crippen LogP contribution in [0.4, 0.5) is 0 Å². The van der Waals surface area contributed by atoms with Gasteiger partial charge >= 0.3 is 0 Å². The summed E-state index contributed by atoms with van der Waals surface area (Å²) in [4.78, 5) is 26.7. The number of carbonyl (C=O) groups excluding carboxylic acids is 2. The number of methoxy groups -OCH3 is 2. The highest BCUT2D eigenvalue weighted by molar-refractivity contribution is 8.26. The van der Waals surface area contributed by atoms with Gasteiger partial charge in [0, 0.05) is 13.1 Å². The third-order valence-corrected chi connectivity index (χ3v) is 5.55. The van der Waals surface area contributed by atoms with Gasteiger partial charge in [0.15, 0.2) is 11.5 Å². The standard InChI is InChI=1S/C18H21N3O5S2/c1-24-13-4-3-12(9-14(13)25-2)10-15-17(23)21(18(27)28-15)11-16(22)19-20-5-7-26-8-6-20/h3-4,9-10H,5-8,11H2,1-2H3,(H,19,22)/b15-10+. The van der Waals surface area contributed by atoms with E-state index in [4.69, 9.17) is 26.4 Å². The van der Waals surface area contributed by atoms with Gasteiger partial charge in [-0.3, -0.25) is 19.9 Å². The number of hydrogen-bond acceptors (Lipinski definition) is 8. The average molecular weight is 424 g/mol. The summed E-state index contributed by atoms with van der Waals surface area (Å²) >= 11 is 6.46. The summed E-state index contributed by atoms with van der Waals surface area (Å²) in [5.41, 5.74) is 3.55. The van der Waals surface area contributed by atoms with Crippen LogP contribution in [0.3, 0.4) is 0 Å². The molecule has 2 aliphatic heterocycles. The first-order valence-corrected chi connectivity index (χ1v) is 9.84. The van der Waals surface area contributed by atoms with Gasteiger partial charge in [-0.1, -0.05) is 30.0 Å². The van der Waals surface area contributed by atoms with Crippen molar-refractivity contribution in [1.29, 1.82) is 0 Å². The fourth-order valence-electron chi connectivity index (χ4n) is 2.76. The van der Waals surface area contributed by atoms with Crippen molar-refractivity contribution in [1.82, 2.24) is 15.3 Å². The van der Waals surface area contributed by atoms with Crippen LogP contribution >= 0.6 is 24.0 Å². The zero-order valence-electron chi connectivity index (χ0n) is 15.6. The Morgan fingerprint density at radius 2 is 2.00 bits per heavy atom. The number of ether oxygens (including phenoxy) is 3. The quantitative estimate of drug-likeness (QED) is 0.541. The third-order valence-electron chi connectivity index (χ3n) is 4.17. The zero-order valence-corrected chi connectivity index (χ0v) is 17.2. The number of nitrogens with one attached hydrogen (secondary N) is 1. The first-order valence-electron chi connectivity index (χ1n) is 8.61. The normalized spacial score (nSPS) is 19.2. The number of thioether (sulfide) groups is 1. The molecule has 0 radical (unpaired) electrons. The second-order valence-corrected chi connectivity index (χ2v) is 7.69. The van der Waals surface area contributed by atoms with Crippen molar-refractivity contribution >= 4 is 46.2 Å². The molecule has 0 saturated carbocycles. The van der Waals surface area contributed by atoms with E-state index in [0.717, 1.165) is 5.56 Å². The maximum atomic E-state index is 12.7. The van der Waals surface area contributed by atoms with Gasteiger partial charge in [-0.25, -0.2) is 5.01 Å². The van der Waals surface area contributed by atoms with Crippen molar-refractivity contribution in [2.24, 2.45) is 0 Å². The molecule has 2 heterocycles. The Morgan fingerprint density at radius 1 is 1.29 bits per heavy atom. The number of morpholine rings is 1. The van der Waals surface area contributed by atoms with Gasteiger partial charge in [0.25, 0.3) is 11.8 Å². The van der Waals surface area contributed by atoms with Gasteiger partial charge < -0.3 is 14.2 Å². The summed E-state index contributed by atoms with van der Waals surface area (Å²) in [6.45, 7) is 2.24. The Bertz CT molecular complexity index is 808. The molecule has 0 aliphatic carbocycles. The first-order chi connectivity index (χ1) is 13.5. The topological polar surface area (TPSA) is 80.3 Å². The Kier molecular flexibility index (Phi) is 6.89. The molecule has 0 bridgehead atoms. The summed E-state index contributed by atoms with van der Waals surface area (Å²) in [7, 11) is 3.11. The zero-order chi connectivity index (χ0) is 20.1. The Morgan fingerprint density at radius 3 is 2.68 bits per heavy atom. The van der Waals surface area contributed by atoms with Crippen LogP contribution in [0.25, 0.3) is 6.08 Å². The molecule has 150 valence electrons. The molecule has 0 aromatic heterocycles. The van der Waals surface area contributed by atoms with Crippen molar-refractivity contribution < 1.29 is 23.8 Å². The Labute approximate surface area is 172 Å². The van der Waals surface area contributed by atoms with Crippen LogP contribution in [-0.4, -0.2) is 73.1 Å². The molecule has 3 rings (SSSR count). The number of hydrogen-bond donors (Lipinski definition) is 1. The summed E-state index contributed by atoms with van der Waals surface area (Å²) < 4.78 is 16.1. The molecule has 28 heavy (non-hydrogen) atoms. The molecular formula is C18H21N3O5S2. The van der Waals surface area contributed by atoms with E-state index in [1.54, 1.807) is 37.4 Å². The summed E-state index contributed by atoms with van der Waals surface area (Å²) in [5.74, 6) is 0.594. The highest BCUT2D eigenvalue weighted by atomic mass is 32.2. The van der Waals surface area contributed by atoms with Crippen molar-refractivity contribution in [3.63, 3.8) is 0 Å². The van der Waals surface area contributed by atoms with Crippen LogP contribution in [0.15, 0.2) is 23.1 Å². The Hall–Kier alpha value is -2.14. The molecule has 0 unspecified atom stereocenters. The van der Waals surface area contributed by atoms with E-state index >= 15 is 0 Å². The average Bonchev–Trinajstić information content (AvgIpc) is 2.96. The lowest BCUT2D eigenvalue weighted by Gasteiger charge is -2.27. The van der Waals surface area contributed by atoms with Gasteiger partial charge in [-0.05, 0) is 23.8 Å². The maximum absolute atomic E-state index is 12.7. The van der Waals surface area contributed by atoms with Gasteiger partial charge in [0.2, 0.25) is 0 Å².